The van der Waals surface area contributed by atoms with Crippen molar-refractivity contribution < 1.29 is 27.9 Å². The van der Waals surface area contributed by atoms with E-state index in [2.05, 4.69) is 4.98 Å². The van der Waals surface area contributed by atoms with E-state index in [0.29, 0.717) is 22.5 Å². The van der Waals surface area contributed by atoms with Crippen molar-refractivity contribution in [3.8, 4) is 0 Å². The standard InChI is InChI=1S/C32H29F2N3O4/c1-5-41-31(40)25-17-37(30(39)20-8-12-22(34)13-9-20)18-32(2,3)27-24-15-14-23(16-26(24)35-28(25)27)36(4)29(38)19-6-10-21(33)11-7-19/h6-17,35H,5,18H2,1-4H3. The fourth-order valence-corrected chi connectivity index (χ4v) is 5.23. The summed E-state index contributed by atoms with van der Waals surface area (Å²) in [7, 11) is 1.63. The summed E-state index contributed by atoms with van der Waals surface area (Å²) in [5.74, 6) is -2.16. The molecule has 9 heteroatoms. The van der Waals surface area contributed by atoms with Gasteiger partial charge in [-0.1, -0.05) is 19.9 Å². The third-order valence-electron chi connectivity index (χ3n) is 7.21. The van der Waals surface area contributed by atoms with Crippen LogP contribution in [0.15, 0.2) is 72.9 Å². The van der Waals surface area contributed by atoms with Gasteiger partial charge in [0.2, 0.25) is 0 Å². The van der Waals surface area contributed by atoms with Crippen molar-refractivity contribution in [2.75, 3.05) is 25.1 Å². The lowest BCUT2D eigenvalue weighted by Gasteiger charge is -2.29. The molecule has 1 aliphatic heterocycles. The first-order chi connectivity index (χ1) is 19.5. The van der Waals surface area contributed by atoms with E-state index in [1.54, 1.807) is 20.0 Å². The highest BCUT2D eigenvalue weighted by atomic mass is 19.1. The number of nitrogens with zero attached hydrogens (tertiary/aromatic N) is 2. The molecular formula is C32H29F2N3O4. The van der Waals surface area contributed by atoms with Gasteiger partial charge < -0.3 is 19.5 Å². The van der Waals surface area contributed by atoms with Crippen LogP contribution in [0.5, 0.6) is 0 Å². The number of H-pyrrole nitrogens is 1. The third-order valence-corrected chi connectivity index (χ3v) is 7.21. The van der Waals surface area contributed by atoms with Gasteiger partial charge in [-0.25, -0.2) is 13.6 Å². The Bertz CT molecular complexity index is 1690. The first kappa shape index (κ1) is 27.8. The molecule has 1 N–H and O–H groups in total. The van der Waals surface area contributed by atoms with Crippen molar-refractivity contribution in [1.82, 2.24) is 9.88 Å². The van der Waals surface area contributed by atoms with E-state index in [-0.39, 0.29) is 36.1 Å². The van der Waals surface area contributed by atoms with E-state index >= 15 is 0 Å². The minimum Gasteiger partial charge on any atom is -0.462 e. The molecule has 0 radical (unpaired) electrons. The van der Waals surface area contributed by atoms with E-state index in [4.69, 9.17) is 4.74 Å². The Morgan fingerprint density at radius 3 is 2.17 bits per heavy atom. The number of benzene rings is 3. The molecule has 210 valence electrons. The summed E-state index contributed by atoms with van der Waals surface area (Å²) in [4.78, 5) is 46.0. The second-order valence-electron chi connectivity index (χ2n) is 10.6. The topological polar surface area (TPSA) is 82.7 Å². The van der Waals surface area contributed by atoms with Crippen LogP contribution in [0.1, 0.15) is 52.7 Å². The number of fused-ring (bicyclic) bond motifs is 3. The van der Waals surface area contributed by atoms with Crippen LogP contribution >= 0.6 is 0 Å². The summed E-state index contributed by atoms with van der Waals surface area (Å²) >= 11 is 0. The molecule has 4 aromatic rings. The number of nitrogens with one attached hydrogen (secondary N) is 1. The molecule has 0 spiro atoms. The van der Waals surface area contributed by atoms with Gasteiger partial charge >= 0.3 is 5.97 Å². The first-order valence-corrected chi connectivity index (χ1v) is 13.2. The number of hydrogen-bond acceptors (Lipinski definition) is 4. The van der Waals surface area contributed by atoms with E-state index in [1.807, 2.05) is 26.0 Å². The smallest absolute Gasteiger partial charge is 0.341 e. The van der Waals surface area contributed by atoms with Crippen molar-refractivity contribution >= 4 is 39.9 Å². The number of anilines is 1. The molecule has 1 aliphatic rings. The number of esters is 1. The van der Waals surface area contributed by atoms with Gasteiger partial charge in [0.05, 0.1) is 17.9 Å². The molecule has 0 saturated heterocycles. The molecule has 0 bridgehead atoms. The number of ether oxygens (including phenoxy) is 1. The summed E-state index contributed by atoms with van der Waals surface area (Å²) in [6, 6.07) is 16.1. The average molecular weight is 558 g/mol. The maximum atomic E-state index is 13.5. The third kappa shape index (κ3) is 5.23. The number of carbonyl (C=O) groups excluding carboxylic acids is 3. The van der Waals surface area contributed by atoms with Crippen molar-refractivity contribution in [1.29, 1.82) is 0 Å². The molecule has 0 fully saturated rings. The Labute approximate surface area is 236 Å². The summed E-state index contributed by atoms with van der Waals surface area (Å²) in [5, 5.41) is 0.822. The number of aromatic amines is 1. The second-order valence-corrected chi connectivity index (χ2v) is 10.6. The van der Waals surface area contributed by atoms with E-state index < -0.39 is 23.0 Å². The monoisotopic (exact) mass is 557 g/mol. The van der Waals surface area contributed by atoms with Crippen molar-refractivity contribution in [3.63, 3.8) is 0 Å². The van der Waals surface area contributed by atoms with Crippen LogP contribution < -0.4 is 4.90 Å². The SMILES string of the molecule is CCOC(=O)C1=CN(C(=O)c2ccc(F)cc2)CC(C)(C)c2c1[nH]c1cc(N(C)C(=O)c3ccc(F)cc3)ccc21. The normalized spacial score (nSPS) is 14.2. The Balaban J connectivity index is 1.59. The van der Waals surface area contributed by atoms with Crippen LogP contribution in [-0.4, -0.2) is 47.9 Å². The Hall–Kier alpha value is -4.79. The predicted octanol–water partition coefficient (Wildman–Crippen LogP) is 6.06. The lowest BCUT2D eigenvalue weighted by atomic mass is 9.81. The lowest BCUT2D eigenvalue weighted by Crippen LogP contribution is -2.37. The lowest BCUT2D eigenvalue weighted by molar-refractivity contribution is -0.136. The van der Waals surface area contributed by atoms with Gasteiger partial charge in [-0.15, -0.1) is 0 Å². The maximum absolute atomic E-state index is 13.5. The van der Waals surface area contributed by atoms with E-state index in [1.165, 1.54) is 64.5 Å². The zero-order chi connectivity index (χ0) is 29.5. The van der Waals surface area contributed by atoms with Crippen molar-refractivity contribution in [3.05, 3.63) is 107 Å². The summed E-state index contributed by atoms with van der Waals surface area (Å²) < 4.78 is 32.2. The molecule has 0 atom stereocenters. The minimum atomic E-state index is -0.634. The molecule has 0 aliphatic carbocycles. The summed E-state index contributed by atoms with van der Waals surface area (Å²) in [6.45, 7) is 6.03. The molecule has 5 rings (SSSR count). The van der Waals surface area contributed by atoms with Gasteiger partial charge in [0.1, 0.15) is 11.6 Å². The predicted molar refractivity (Wildman–Crippen MR) is 153 cm³/mol. The molecule has 1 aromatic heterocycles. The van der Waals surface area contributed by atoms with Crippen molar-refractivity contribution in [2.45, 2.75) is 26.2 Å². The second kappa shape index (κ2) is 10.6. The number of amides is 2. The highest BCUT2D eigenvalue weighted by Crippen LogP contribution is 2.41. The van der Waals surface area contributed by atoms with Gasteiger partial charge in [-0.05, 0) is 73.2 Å². The fourth-order valence-electron chi connectivity index (χ4n) is 5.23. The molecule has 41 heavy (non-hydrogen) atoms. The highest BCUT2D eigenvalue weighted by Gasteiger charge is 2.37. The average Bonchev–Trinajstić information content (AvgIpc) is 3.29. The quantitative estimate of drug-likeness (QED) is 0.303. The van der Waals surface area contributed by atoms with Crippen LogP contribution in [0.4, 0.5) is 14.5 Å². The Morgan fingerprint density at radius 1 is 0.951 bits per heavy atom. The van der Waals surface area contributed by atoms with Gasteiger partial charge in [0, 0.05) is 52.9 Å². The number of halogens is 2. The van der Waals surface area contributed by atoms with Crippen LogP contribution in [0, 0.1) is 11.6 Å². The number of aromatic nitrogens is 1. The fraction of sp³-hybridized carbons (Fsp3) is 0.219. The largest absolute Gasteiger partial charge is 0.462 e. The van der Waals surface area contributed by atoms with Gasteiger partial charge in [0.15, 0.2) is 0 Å². The molecule has 0 unspecified atom stereocenters. The molecule has 3 aromatic carbocycles. The maximum Gasteiger partial charge on any atom is 0.341 e. The van der Waals surface area contributed by atoms with Crippen LogP contribution in [0.2, 0.25) is 0 Å². The van der Waals surface area contributed by atoms with Gasteiger partial charge in [-0.3, -0.25) is 9.59 Å². The highest BCUT2D eigenvalue weighted by molar-refractivity contribution is 6.18. The Kier molecular flexibility index (Phi) is 7.21. The summed E-state index contributed by atoms with van der Waals surface area (Å²) in [6.07, 6.45) is 1.48. The van der Waals surface area contributed by atoms with Crippen LogP contribution in [-0.2, 0) is 14.9 Å². The molecule has 0 saturated carbocycles. The van der Waals surface area contributed by atoms with Gasteiger partial charge in [-0.2, -0.15) is 0 Å². The first-order valence-electron chi connectivity index (χ1n) is 13.2. The minimum absolute atomic E-state index is 0.140. The zero-order valence-electron chi connectivity index (χ0n) is 23.1. The van der Waals surface area contributed by atoms with Crippen LogP contribution in [0.25, 0.3) is 16.5 Å². The molecule has 2 heterocycles. The summed E-state index contributed by atoms with van der Waals surface area (Å²) in [5.41, 5.74) is 2.79. The Morgan fingerprint density at radius 2 is 1.56 bits per heavy atom. The number of carbonyl (C=O) groups is 3. The number of hydrogen-bond donors (Lipinski definition) is 1. The van der Waals surface area contributed by atoms with Crippen LogP contribution in [0.3, 0.4) is 0 Å². The number of rotatable bonds is 5. The van der Waals surface area contributed by atoms with Crippen molar-refractivity contribution in [2.24, 2.45) is 0 Å². The molecular weight excluding hydrogens is 528 g/mol. The molecule has 2 amide bonds. The molecule has 7 nitrogen and oxygen atoms in total. The van der Waals surface area contributed by atoms with Gasteiger partial charge in [0.25, 0.3) is 11.8 Å². The van der Waals surface area contributed by atoms with E-state index in [9.17, 15) is 23.2 Å². The van der Waals surface area contributed by atoms with E-state index in [0.717, 1.165) is 10.9 Å². The zero-order valence-corrected chi connectivity index (χ0v) is 23.1.